The van der Waals surface area contributed by atoms with Gasteiger partial charge >= 0.3 is 0 Å². The molecule has 0 bridgehead atoms. The first kappa shape index (κ1) is 11.0. The fourth-order valence-corrected chi connectivity index (χ4v) is 1.68. The summed E-state index contributed by atoms with van der Waals surface area (Å²) in [7, 11) is 4.07. The first-order chi connectivity index (χ1) is 7.81. The summed E-state index contributed by atoms with van der Waals surface area (Å²) in [6.45, 7) is 2.92. The molecule has 5 nitrogen and oxygen atoms in total. The molecule has 0 fully saturated rings. The van der Waals surface area contributed by atoms with Gasteiger partial charge in [-0.2, -0.15) is 5.10 Å². The van der Waals surface area contributed by atoms with Crippen molar-refractivity contribution in [3.05, 3.63) is 30.4 Å². The average molecular weight is 219 g/mol. The molecule has 0 radical (unpaired) electrons. The molecule has 16 heavy (non-hydrogen) atoms. The monoisotopic (exact) mass is 219 g/mol. The maximum atomic E-state index is 4.29. The highest BCUT2D eigenvalue weighted by atomic mass is 15.2. The van der Waals surface area contributed by atoms with E-state index in [1.165, 1.54) is 5.56 Å². The Bertz CT molecular complexity index is 450. The quantitative estimate of drug-likeness (QED) is 0.789. The number of aromatic nitrogens is 3. The molecule has 0 aliphatic carbocycles. The minimum absolute atomic E-state index is 0.900. The van der Waals surface area contributed by atoms with Crippen LogP contribution in [0.3, 0.4) is 0 Å². The van der Waals surface area contributed by atoms with Gasteiger partial charge < -0.3 is 10.2 Å². The maximum absolute atomic E-state index is 4.29. The summed E-state index contributed by atoms with van der Waals surface area (Å²) in [6, 6.07) is 0. The number of fused-ring (bicyclic) bond motifs is 1. The molecule has 0 saturated heterocycles. The molecular weight excluding hydrogens is 202 g/mol. The smallest absolute Gasteiger partial charge is 0.0889 e. The number of hydrogen-bond acceptors (Lipinski definition) is 4. The van der Waals surface area contributed by atoms with Crippen LogP contribution in [0.25, 0.3) is 5.52 Å². The molecule has 2 heterocycles. The zero-order chi connectivity index (χ0) is 11.4. The van der Waals surface area contributed by atoms with Gasteiger partial charge in [0.25, 0.3) is 0 Å². The molecule has 86 valence electrons. The molecule has 0 spiro atoms. The lowest BCUT2D eigenvalue weighted by molar-refractivity contribution is 0.329. The predicted octanol–water partition coefficient (Wildman–Crippen LogP) is 0.381. The highest BCUT2D eigenvalue weighted by Crippen LogP contribution is 2.10. The summed E-state index contributed by atoms with van der Waals surface area (Å²) in [5, 5.41) is 7.43. The molecule has 0 unspecified atom stereocenters. The number of rotatable bonds is 5. The van der Waals surface area contributed by atoms with Gasteiger partial charge in [0.15, 0.2) is 0 Å². The van der Waals surface area contributed by atoms with Crippen LogP contribution in [0, 0.1) is 0 Å². The Hall–Kier alpha value is -1.46. The van der Waals surface area contributed by atoms with E-state index < -0.39 is 0 Å². The van der Waals surface area contributed by atoms with Gasteiger partial charge in [-0.3, -0.25) is 4.98 Å². The molecule has 0 saturated carbocycles. The van der Waals surface area contributed by atoms with Gasteiger partial charge in [-0.25, -0.2) is 4.52 Å². The third kappa shape index (κ3) is 2.37. The Morgan fingerprint density at radius 2 is 2.31 bits per heavy atom. The first-order valence-corrected chi connectivity index (χ1v) is 5.40. The molecule has 1 N–H and O–H groups in total. The van der Waals surface area contributed by atoms with Crippen LogP contribution in [0.2, 0.25) is 0 Å². The predicted molar refractivity (Wildman–Crippen MR) is 63.2 cm³/mol. The number of hydrogen-bond donors (Lipinski definition) is 1. The molecule has 2 rings (SSSR count). The van der Waals surface area contributed by atoms with Crippen molar-refractivity contribution in [1.82, 2.24) is 24.8 Å². The fraction of sp³-hybridized carbons (Fsp3) is 0.455. The van der Waals surface area contributed by atoms with E-state index in [2.05, 4.69) is 27.3 Å². The highest BCUT2D eigenvalue weighted by molar-refractivity contribution is 5.51. The van der Waals surface area contributed by atoms with Crippen LogP contribution >= 0.6 is 0 Å². The van der Waals surface area contributed by atoms with E-state index in [4.69, 9.17) is 0 Å². The largest absolute Gasteiger partial charge is 0.318 e. The van der Waals surface area contributed by atoms with Gasteiger partial charge in [0.2, 0.25) is 0 Å². The minimum Gasteiger partial charge on any atom is -0.318 e. The van der Waals surface area contributed by atoms with Crippen molar-refractivity contribution in [3.63, 3.8) is 0 Å². The van der Waals surface area contributed by atoms with Gasteiger partial charge in [-0.05, 0) is 14.1 Å². The number of nitrogens with zero attached hydrogens (tertiary/aromatic N) is 4. The van der Waals surface area contributed by atoms with Gasteiger partial charge in [-0.1, -0.05) is 0 Å². The van der Waals surface area contributed by atoms with Crippen molar-refractivity contribution in [2.45, 2.75) is 6.54 Å². The van der Waals surface area contributed by atoms with Gasteiger partial charge in [-0.15, -0.1) is 0 Å². The molecule has 0 atom stereocenters. The summed E-state index contributed by atoms with van der Waals surface area (Å²) in [6.07, 6.45) is 7.38. The molecule has 2 aromatic heterocycles. The second kappa shape index (κ2) is 5.05. The first-order valence-electron chi connectivity index (χ1n) is 5.40. The molecule has 0 aliphatic rings. The van der Waals surface area contributed by atoms with Crippen LogP contribution in [-0.4, -0.2) is 46.7 Å². The molecule has 2 aromatic rings. The average Bonchev–Trinajstić information content (AvgIpc) is 2.70. The van der Waals surface area contributed by atoms with Gasteiger partial charge in [0.1, 0.15) is 0 Å². The van der Waals surface area contributed by atoms with E-state index in [1.807, 2.05) is 30.2 Å². The molecule has 0 aromatic carbocycles. The van der Waals surface area contributed by atoms with E-state index in [-0.39, 0.29) is 0 Å². The lowest BCUT2D eigenvalue weighted by Crippen LogP contribution is -2.26. The summed E-state index contributed by atoms with van der Waals surface area (Å²) in [5.41, 5.74) is 2.30. The Morgan fingerprint density at radius 3 is 3.12 bits per heavy atom. The highest BCUT2D eigenvalue weighted by Gasteiger charge is 2.06. The van der Waals surface area contributed by atoms with Crippen LogP contribution in [0.5, 0.6) is 0 Å². The van der Waals surface area contributed by atoms with Crippen molar-refractivity contribution in [3.8, 4) is 0 Å². The lowest BCUT2D eigenvalue weighted by Gasteiger charge is -2.15. The summed E-state index contributed by atoms with van der Waals surface area (Å²) >= 11 is 0. The van der Waals surface area contributed by atoms with Crippen molar-refractivity contribution >= 4 is 5.52 Å². The van der Waals surface area contributed by atoms with Gasteiger partial charge in [0.05, 0.1) is 17.9 Å². The lowest BCUT2D eigenvalue weighted by atomic mass is 10.3. The third-order valence-corrected chi connectivity index (χ3v) is 2.59. The van der Waals surface area contributed by atoms with Crippen molar-refractivity contribution in [2.24, 2.45) is 0 Å². The Labute approximate surface area is 95.1 Å². The van der Waals surface area contributed by atoms with Crippen LogP contribution in [0.1, 0.15) is 5.56 Å². The second-order valence-electron chi connectivity index (χ2n) is 3.92. The zero-order valence-corrected chi connectivity index (χ0v) is 9.72. The van der Waals surface area contributed by atoms with Crippen LogP contribution in [0.15, 0.2) is 24.8 Å². The number of nitrogens with one attached hydrogen (secondary N) is 1. The summed E-state index contributed by atoms with van der Waals surface area (Å²) < 4.78 is 1.86. The Kier molecular flexibility index (Phi) is 3.48. The van der Waals surface area contributed by atoms with Crippen LogP contribution < -0.4 is 5.32 Å². The van der Waals surface area contributed by atoms with Crippen molar-refractivity contribution in [2.75, 3.05) is 27.2 Å². The van der Waals surface area contributed by atoms with E-state index >= 15 is 0 Å². The third-order valence-electron chi connectivity index (χ3n) is 2.59. The summed E-state index contributed by atoms with van der Waals surface area (Å²) in [5.74, 6) is 0. The Morgan fingerprint density at radius 1 is 1.44 bits per heavy atom. The SMILES string of the molecule is CNCCN(C)Cc1cnn2ccncc12. The Balaban J connectivity index is 2.09. The van der Waals surface area contributed by atoms with Crippen LogP contribution in [0.4, 0.5) is 0 Å². The van der Waals surface area contributed by atoms with E-state index in [9.17, 15) is 0 Å². The normalized spacial score (nSPS) is 11.4. The minimum atomic E-state index is 0.900. The molecule has 5 heteroatoms. The summed E-state index contributed by atoms with van der Waals surface area (Å²) in [4.78, 5) is 6.39. The van der Waals surface area contributed by atoms with E-state index in [1.54, 1.807) is 6.20 Å². The zero-order valence-electron chi connectivity index (χ0n) is 9.72. The van der Waals surface area contributed by atoms with Crippen LogP contribution in [-0.2, 0) is 6.54 Å². The second-order valence-corrected chi connectivity index (χ2v) is 3.92. The van der Waals surface area contributed by atoms with E-state index in [0.717, 1.165) is 25.2 Å². The molecular formula is C11H17N5. The molecule has 0 aliphatic heterocycles. The topological polar surface area (TPSA) is 45.5 Å². The molecule has 0 amide bonds. The van der Waals surface area contributed by atoms with Gasteiger partial charge in [0, 0.05) is 37.6 Å². The van der Waals surface area contributed by atoms with E-state index in [0.29, 0.717) is 0 Å². The van der Waals surface area contributed by atoms with Crippen molar-refractivity contribution in [1.29, 1.82) is 0 Å². The van der Waals surface area contributed by atoms with Crippen molar-refractivity contribution < 1.29 is 0 Å². The fourth-order valence-electron chi connectivity index (χ4n) is 1.68. The number of likely N-dealkylation sites (N-methyl/N-ethyl adjacent to an activating group) is 2. The standard InChI is InChI=1S/C11H17N5/c1-12-3-5-15(2)9-10-7-14-16-6-4-13-8-11(10)16/h4,6-8,12H,3,5,9H2,1-2H3. The maximum Gasteiger partial charge on any atom is 0.0889 e.